The second-order valence-electron chi connectivity index (χ2n) is 7.18. The first kappa shape index (κ1) is 18.0. The van der Waals surface area contributed by atoms with E-state index in [4.69, 9.17) is 9.47 Å². The number of anilines is 1. The first-order valence-corrected chi connectivity index (χ1v) is 7.21. The molecule has 0 saturated carbocycles. The molecule has 0 unspecified atom stereocenters. The topological polar surface area (TPSA) is 64.6 Å². The van der Waals surface area contributed by atoms with E-state index in [2.05, 4.69) is 5.32 Å². The summed E-state index contributed by atoms with van der Waals surface area (Å²) in [5, 5.41) is 2.60. The highest BCUT2D eigenvalue weighted by atomic mass is 16.6. The van der Waals surface area contributed by atoms with Crippen LogP contribution in [0, 0.1) is 6.92 Å². The molecule has 0 aliphatic rings. The molecule has 0 aliphatic carbocycles. The maximum atomic E-state index is 12.3. The number of amides is 1. The molecule has 1 aromatic carbocycles. The van der Waals surface area contributed by atoms with Crippen molar-refractivity contribution in [3.8, 4) is 0 Å². The fraction of sp³-hybridized carbons (Fsp3) is 0.529. The van der Waals surface area contributed by atoms with Crippen molar-refractivity contribution in [1.29, 1.82) is 0 Å². The van der Waals surface area contributed by atoms with Crippen molar-refractivity contribution >= 4 is 17.7 Å². The summed E-state index contributed by atoms with van der Waals surface area (Å²) in [4.78, 5) is 24.2. The van der Waals surface area contributed by atoms with Gasteiger partial charge >= 0.3 is 12.1 Å². The van der Waals surface area contributed by atoms with Gasteiger partial charge in [-0.25, -0.2) is 9.59 Å². The van der Waals surface area contributed by atoms with Crippen LogP contribution in [0.1, 0.15) is 57.5 Å². The van der Waals surface area contributed by atoms with Crippen molar-refractivity contribution in [3.05, 3.63) is 29.3 Å². The minimum Gasteiger partial charge on any atom is -0.456 e. The minimum absolute atomic E-state index is 0.306. The van der Waals surface area contributed by atoms with Gasteiger partial charge in [0.05, 0.1) is 11.3 Å². The van der Waals surface area contributed by atoms with E-state index in [9.17, 15) is 9.59 Å². The number of hydrogen-bond acceptors (Lipinski definition) is 4. The van der Waals surface area contributed by atoms with E-state index < -0.39 is 23.3 Å². The van der Waals surface area contributed by atoms with Crippen molar-refractivity contribution in [3.63, 3.8) is 0 Å². The van der Waals surface area contributed by atoms with Gasteiger partial charge in [0.15, 0.2) is 0 Å². The molecule has 1 rings (SSSR count). The Morgan fingerprint density at radius 2 is 1.50 bits per heavy atom. The molecule has 5 nitrogen and oxygen atoms in total. The minimum atomic E-state index is -0.610. The van der Waals surface area contributed by atoms with Crippen molar-refractivity contribution in [2.24, 2.45) is 0 Å². The van der Waals surface area contributed by atoms with Crippen LogP contribution in [0.4, 0.5) is 10.5 Å². The Kier molecular flexibility index (Phi) is 5.22. The lowest BCUT2D eigenvalue weighted by Gasteiger charge is -2.22. The number of carbonyl (C=O) groups is 2. The number of ether oxygens (including phenoxy) is 2. The zero-order valence-electron chi connectivity index (χ0n) is 14.4. The Morgan fingerprint density at radius 3 is 2.00 bits per heavy atom. The Balaban J connectivity index is 3.01. The average Bonchev–Trinajstić information content (AvgIpc) is 2.26. The van der Waals surface area contributed by atoms with Crippen LogP contribution >= 0.6 is 0 Å². The lowest BCUT2D eigenvalue weighted by molar-refractivity contribution is 0.00707. The van der Waals surface area contributed by atoms with Crippen molar-refractivity contribution in [2.75, 3.05) is 5.32 Å². The van der Waals surface area contributed by atoms with Gasteiger partial charge in [0.25, 0.3) is 0 Å². The Bertz CT molecular complexity index is 565. The first-order valence-electron chi connectivity index (χ1n) is 7.21. The fourth-order valence-electron chi connectivity index (χ4n) is 1.68. The molecule has 0 heterocycles. The van der Waals surface area contributed by atoms with Gasteiger partial charge in [-0.3, -0.25) is 5.32 Å². The third-order valence-electron chi connectivity index (χ3n) is 2.43. The van der Waals surface area contributed by atoms with Gasteiger partial charge in [-0.2, -0.15) is 0 Å². The number of esters is 1. The number of rotatable bonds is 2. The highest BCUT2D eigenvalue weighted by molar-refractivity contribution is 6.00. The Labute approximate surface area is 132 Å². The third kappa shape index (κ3) is 6.16. The zero-order chi connectivity index (χ0) is 17.1. The molecule has 0 atom stereocenters. The van der Waals surface area contributed by atoms with E-state index in [0.717, 1.165) is 5.56 Å². The van der Waals surface area contributed by atoms with E-state index in [1.807, 2.05) is 6.92 Å². The lowest BCUT2D eigenvalue weighted by atomic mass is 10.1. The molecule has 0 aromatic heterocycles. The molecule has 5 heteroatoms. The highest BCUT2D eigenvalue weighted by Crippen LogP contribution is 2.22. The summed E-state index contributed by atoms with van der Waals surface area (Å²) in [5.41, 5.74) is 0.357. The van der Waals surface area contributed by atoms with Crippen LogP contribution < -0.4 is 5.32 Å². The van der Waals surface area contributed by atoms with Crippen LogP contribution in [0.15, 0.2) is 18.2 Å². The Morgan fingerprint density at radius 1 is 0.955 bits per heavy atom. The molecular formula is C17H25NO4. The zero-order valence-corrected chi connectivity index (χ0v) is 14.4. The standard InChI is InChI=1S/C17H25NO4/c1-11-8-9-13(18-15(20)22-17(5,6)7)12(10-11)14(19)21-16(2,3)4/h8-10H,1-7H3,(H,18,20). The summed E-state index contributed by atoms with van der Waals surface area (Å²) in [6.45, 7) is 12.6. The number of hydrogen-bond donors (Lipinski definition) is 1. The number of carbonyl (C=O) groups excluding carboxylic acids is 2. The molecule has 0 aliphatic heterocycles. The van der Waals surface area contributed by atoms with Gasteiger partial charge in [0, 0.05) is 0 Å². The molecule has 22 heavy (non-hydrogen) atoms. The van der Waals surface area contributed by atoms with Crippen LogP contribution in [-0.2, 0) is 9.47 Å². The van der Waals surface area contributed by atoms with E-state index in [1.54, 1.807) is 59.7 Å². The fourth-order valence-corrected chi connectivity index (χ4v) is 1.68. The van der Waals surface area contributed by atoms with Crippen LogP contribution in [0.2, 0.25) is 0 Å². The molecule has 1 aromatic rings. The van der Waals surface area contributed by atoms with Crippen LogP contribution in [0.25, 0.3) is 0 Å². The summed E-state index contributed by atoms with van der Waals surface area (Å²) in [7, 11) is 0. The van der Waals surface area contributed by atoms with E-state index in [0.29, 0.717) is 11.3 Å². The monoisotopic (exact) mass is 307 g/mol. The van der Waals surface area contributed by atoms with E-state index in [-0.39, 0.29) is 0 Å². The molecule has 1 amide bonds. The van der Waals surface area contributed by atoms with Crippen LogP contribution in [-0.4, -0.2) is 23.3 Å². The van der Waals surface area contributed by atoms with Gasteiger partial charge in [0.2, 0.25) is 0 Å². The van der Waals surface area contributed by atoms with Crippen molar-refractivity contribution in [1.82, 2.24) is 0 Å². The van der Waals surface area contributed by atoms with Gasteiger partial charge in [-0.1, -0.05) is 11.6 Å². The predicted octanol–water partition coefficient (Wildman–Crippen LogP) is 4.30. The molecule has 0 fully saturated rings. The molecule has 0 spiro atoms. The van der Waals surface area contributed by atoms with Gasteiger partial charge < -0.3 is 9.47 Å². The largest absolute Gasteiger partial charge is 0.456 e. The summed E-state index contributed by atoms with van der Waals surface area (Å²) < 4.78 is 10.6. The third-order valence-corrected chi connectivity index (χ3v) is 2.43. The van der Waals surface area contributed by atoms with Gasteiger partial charge in [-0.15, -0.1) is 0 Å². The van der Waals surface area contributed by atoms with Gasteiger partial charge in [-0.05, 0) is 60.6 Å². The lowest BCUT2D eigenvalue weighted by Crippen LogP contribution is -2.28. The van der Waals surface area contributed by atoms with Crippen molar-refractivity contribution < 1.29 is 19.1 Å². The maximum Gasteiger partial charge on any atom is 0.412 e. The molecule has 0 saturated heterocycles. The summed E-state index contributed by atoms with van der Waals surface area (Å²) in [5.74, 6) is -0.484. The van der Waals surface area contributed by atoms with Crippen molar-refractivity contribution in [2.45, 2.75) is 59.7 Å². The number of aryl methyl sites for hydroxylation is 1. The average molecular weight is 307 g/mol. The molecular weight excluding hydrogens is 282 g/mol. The normalized spacial score (nSPS) is 11.8. The second kappa shape index (κ2) is 6.38. The molecule has 0 radical (unpaired) electrons. The van der Waals surface area contributed by atoms with E-state index >= 15 is 0 Å². The number of benzene rings is 1. The van der Waals surface area contributed by atoms with Crippen LogP contribution in [0.5, 0.6) is 0 Å². The smallest absolute Gasteiger partial charge is 0.412 e. The summed E-state index contributed by atoms with van der Waals surface area (Å²) >= 11 is 0. The SMILES string of the molecule is Cc1ccc(NC(=O)OC(C)(C)C)c(C(=O)OC(C)(C)C)c1. The molecule has 0 bridgehead atoms. The predicted molar refractivity (Wildman–Crippen MR) is 86.2 cm³/mol. The quantitative estimate of drug-likeness (QED) is 0.827. The maximum absolute atomic E-state index is 12.3. The van der Waals surface area contributed by atoms with E-state index in [1.165, 1.54) is 0 Å². The highest BCUT2D eigenvalue weighted by Gasteiger charge is 2.23. The Hall–Kier alpha value is -2.04. The summed E-state index contributed by atoms with van der Waals surface area (Å²) in [6, 6.07) is 5.15. The van der Waals surface area contributed by atoms with Crippen LogP contribution in [0.3, 0.4) is 0 Å². The molecule has 122 valence electrons. The molecule has 1 N–H and O–H groups in total. The second-order valence-corrected chi connectivity index (χ2v) is 7.18. The summed E-state index contributed by atoms with van der Waals surface area (Å²) in [6.07, 6.45) is -0.610. The van der Waals surface area contributed by atoms with Gasteiger partial charge in [0.1, 0.15) is 11.2 Å². The number of nitrogens with one attached hydrogen (secondary N) is 1. The first-order chi connectivity index (χ1) is 9.87.